The molecule has 2 rings (SSSR count). The summed E-state index contributed by atoms with van der Waals surface area (Å²) in [6.45, 7) is 12.0. The van der Waals surface area contributed by atoms with Crippen LogP contribution < -0.4 is 0 Å². The topological polar surface area (TPSA) is 26.3 Å². The molecule has 2 unspecified atom stereocenters. The number of carbonyl (C=O) groups excluding carboxylic acids is 1. The van der Waals surface area contributed by atoms with Gasteiger partial charge in [0.15, 0.2) is 0 Å². The Morgan fingerprint density at radius 2 is 2.19 bits per heavy atom. The Labute approximate surface area is 129 Å². The monoisotopic (exact) mass is 290 g/mol. The first-order chi connectivity index (χ1) is 9.81. The smallest absolute Gasteiger partial charge is 0.309 e. The Bertz CT molecular complexity index is 454. The standard InChI is InChI=1S/C19H30O2/c1-13(2)14(3)7-6-10-19(4,5)16-9-8-15-12-21-18(20)17(15)11-16/h7,9,13,15,17H,6,8,10-12H2,1-5H3/b14-7+. The lowest BCUT2D eigenvalue weighted by Crippen LogP contribution is -2.26. The fourth-order valence-corrected chi connectivity index (χ4v) is 3.31. The first kappa shape index (κ1) is 16.3. The Hall–Kier alpha value is -1.05. The van der Waals surface area contributed by atoms with Gasteiger partial charge in [0.1, 0.15) is 0 Å². The van der Waals surface area contributed by atoms with E-state index in [0.29, 0.717) is 18.4 Å². The van der Waals surface area contributed by atoms with Crippen LogP contribution in [0.1, 0.15) is 60.3 Å². The van der Waals surface area contributed by atoms with Crippen molar-refractivity contribution < 1.29 is 9.53 Å². The van der Waals surface area contributed by atoms with Crippen molar-refractivity contribution in [2.24, 2.45) is 23.2 Å². The molecule has 1 aliphatic carbocycles. The molecule has 1 fully saturated rings. The van der Waals surface area contributed by atoms with Gasteiger partial charge in [-0.25, -0.2) is 0 Å². The molecule has 118 valence electrons. The predicted octanol–water partition coefficient (Wildman–Crippen LogP) is 4.90. The van der Waals surface area contributed by atoms with Crippen molar-refractivity contribution in [1.29, 1.82) is 0 Å². The number of allylic oxidation sites excluding steroid dienone is 4. The molecule has 0 N–H and O–H groups in total. The molecule has 1 saturated heterocycles. The van der Waals surface area contributed by atoms with E-state index in [2.05, 4.69) is 46.8 Å². The average Bonchev–Trinajstić information content (AvgIpc) is 2.79. The van der Waals surface area contributed by atoms with Crippen LogP contribution in [-0.4, -0.2) is 12.6 Å². The van der Waals surface area contributed by atoms with Crippen molar-refractivity contribution in [2.45, 2.75) is 60.3 Å². The molecule has 0 aromatic carbocycles. The molecule has 21 heavy (non-hydrogen) atoms. The summed E-state index contributed by atoms with van der Waals surface area (Å²) < 4.78 is 5.22. The summed E-state index contributed by atoms with van der Waals surface area (Å²) in [7, 11) is 0. The summed E-state index contributed by atoms with van der Waals surface area (Å²) in [6, 6.07) is 0. The number of esters is 1. The van der Waals surface area contributed by atoms with Gasteiger partial charge in [-0.15, -0.1) is 0 Å². The van der Waals surface area contributed by atoms with Gasteiger partial charge in [0.25, 0.3) is 0 Å². The van der Waals surface area contributed by atoms with Gasteiger partial charge in [-0.05, 0) is 43.9 Å². The van der Waals surface area contributed by atoms with E-state index in [-0.39, 0.29) is 17.3 Å². The molecule has 0 radical (unpaired) electrons. The lowest BCUT2D eigenvalue weighted by molar-refractivity contribution is -0.141. The number of ether oxygens (including phenoxy) is 1. The van der Waals surface area contributed by atoms with Gasteiger partial charge in [0.05, 0.1) is 12.5 Å². The lowest BCUT2D eigenvalue weighted by Gasteiger charge is -2.33. The Morgan fingerprint density at radius 3 is 2.86 bits per heavy atom. The van der Waals surface area contributed by atoms with E-state index < -0.39 is 0 Å². The van der Waals surface area contributed by atoms with Gasteiger partial charge in [-0.3, -0.25) is 4.79 Å². The molecule has 0 spiro atoms. The average molecular weight is 290 g/mol. The van der Waals surface area contributed by atoms with Gasteiger partial charge < -0.3 is 4.74 Å². The van der Waals surface area contributed by atoms with Crippen LogP contribution in [0, 0.1) is 23.2 Å². The second kappa shape index (κ2) is 6.37. The summed E-state index contributed by atoms with van der Waals surface area (Å²) in [4.78, 5) is 11.8. The van der Waals surface area contributed by atoms with E-state index >= 15 is 0 Å². The molecule has 2 aliphatic rings. The van der Waals surface area contributed by atoms with Gasteiger partial charge in [-0.1, -0.05) is 51.0 Å². The Balaban J connectivity index is 1.96. The molecule has 0 aromatic rings. The minimum absolute atomic E-state index is 0.0250. The summed E-state index contributed by atoms with van der Waals surface area (Å²) >= 11 is 0. The van der Waals surface area contributed by atoms with Crippen LogP contribution >= 0.6 is 0 Å². The van der Waals surface area contributed by atoms with Crippen molar-refractivity contribution in [3.63, 3.8) is 0 Å². The third-order valence-corrected chi connectivity index (χ3v) is 5.43. The van der Waals surface area contributed by atoms with Crippen molar-refractivity contribution in [3.8, 4) is 0 Å². The molecule has 1 aliphatic heterocycles. The van der Waals surface area contributed by atoms with Crippen LogP contribution in [-0.2, 0) is 9.53 Å². The van der Waals surface area contributed by atoms with E-state index in [0.717, 1.165) is 25.7 Å². The van der Waals surface area contributed by atoms with E-state index in [9.17, 15) is 4.79 Å². The molecule has 0 amide bonds. The first-order valence-electron chi connectivity index (χ1n) is 8.34. The second-order valence-electron chi connectivity index (χ2n) is 7.69. The maximum Gasteiger partial charge on any atom is 0.309 e. The van der Waals surface area contributed by atoms with Crippen molar-refractivity contribution in [3.05, 3.63) is 23.3 Å². The maximum absolute atomic E-state index is 11.8. The van der Waals surface area contributed by atoms with E-state index in [1.165, 1.54) is 11.1 Å². The summed E-state index contributed by atoms with van der Waals surface area (Å²) in [5, 5.41) is 0. The van der Waals surface area contributed by atoms with Crippen molar-refractivity contribution >= 4 is 5.97 Å². The minimum Gasteiger partial charge on any atom is -0.465 e. The van der Waals surface area contributed by atoms with Crippen molar-refractivity contribution in [1.82, 2.24) is 0 Å². The van der Waals surface area contributed by atoms with Crippen LogP contribution in [0.15, 0.2) is 23.3 Å². The van der Waals surface area contributed by atoms with E-state index in [4.69, 9.17) is 4.74 Å². The number of fused-ring (bicyclic) bond motifs is 1. The highest BCUT2D eigenvalue weighted by atomic mass is 16.5. The zero-order valence-corrected chi connectivity index (χ0v) is 14.2. The molecule has 2 heteroatoms. The minimum atomic E-state index is 0.0250. The number of rotatable bonds is 5. The summed E-state index contributed by atoms with van der Waals surface area (Å²) in [6.07, 6.45) is 8.94. The van der Waals surface area contributed by atoms with Gasteiger partial charge in [0, 0.05) is 5.92 Å². The maximum atomic E-state index is 11.8. The summed E-state index contributed by atoms with van der Waals surface area (Å²) in [5.41, 5.74) is 3.11. The highest BCUT2D eigenvalue weighted by Gasteiger charge is 2.41. The van der Waals surface area contributed by atoms with Crippen LogP contribution in [0.25, 0.3) is 0 Å². The molecular formula is C19H30O2. The zero-order valence-electron chi connectivity index (χ0n) is 14.2. The van der Waals surface area contributed by atoms with Crippen LogP contribution in [0.3, 0.4) is 0 Å². The van der Waals surface area contributed by atoms with Crippen LogP contribution in [0.5, 0.6) is 0 Å². The largest absolute Gasteiger partial charge is 0.465 e. The normalized spacial score (nSPS) is 26.7. The quantitative estimate of drug-likeness (QED) is 0.531. The fraction of sp³-hybridized carbons (Fsp3) is 0.737. The zero-order chi connectivity index (χ0) is 15.6. The predicted molar refractivity (Wildman–Crippen MR) is 86.9 cm³/mol. The van der Waals surface area contributed by atoms with Gasteiger partial charge >= 0.3 is 5.97 Å². The summed E-state index contributed by atoms with van der Waals surface area (Å²) in [5.74, 6) is 1.21. The lowest BCUT2D eigenvalue weighted by atomic mass is 9.70. The van der Waals surface area contributed by atoms with Gasteiger partial charge in [0.2, 0.25) is 0 Å². The highest BCUT2D eigenvalue weighted by Crippen LogP contribution is 2.43. The van der Waals surface area contributed by atoms with Crippen LogP contribution in [0.2, 0.25) is 0 Å². The number of cyclic esters (lactones) is 1. The van der Waals surface area contributed by atoms with E-state index in [1.54, 1.807) is 0 Å². The second-order valence-corrected chi connectivity index (χ2v) is 7.69. The SMILES string of the molecule is C/C(=C\CCC(C)(C)C1=CCC2COC(=O)C2C1)C(C)C. The molecule has 0 aromatic heterocycles. The number of carbonyl (C=O) groups is 1. The Kier molecular flexibility index (Phi) is 4.95. The molecule has 0 bridgehead atoms. The number of hydrogen-bond donors (Lipinski definition) is 0. The molecule has 2 nitrogen and oxygen atoms in total. The van der Waals surface area contributed by atoms with Gasteiger partial charge in [-0.2, -0.15) is 0 Å². The third-order valence-electron chi connectivity index (χ3n) is 5.43. The number of hydrogen-bond acceptors (Lipinski definition) is 2. The molecule has 2 atom stereocenters. The third kappa shape index (κ3) is 3.78. The van der Waals surface area contributed by atoms with Crippen molar-refractivity contribution in [2.75, 3.05) is 6.61 Å². The fourth-order valence-electron chi connectivity index (χ4n) is 3.31. The highest BCUT2D eigenvalue weighted by molar-refractivity contribution is 5.75. The molecule has 1 heterocycles. The first-order valence-corrected chi connectivity index (χ1v) is 8.34. The molecular weight excluding hydrogens is 260 g/mol. The molecule has 0 saturated carbocycles. The van der Waals surface area contributed by atoms with E-state index in [1.807, 2.05) is 0 Å². The Morgan fingerprint density at radius 1 is 1.48 bits per heavy atom. The van der Waals surface area contributed by atoms with Crippen LogP contribution in [0.4, 0.5) is 0 Å².